The van der Waals surface area contributed by atoms with E-state index < -0.39 is 0 Å². The van der Waals surface area contributed by atoms with Crippen molar-refractivity contribution in [1.29, 1.82) is 0 Å². The molecule has 1 saturated heterocycles. The minimum absolute atomic E-state index is 0.0402. The normalized spacial score (nSPS) is 17.9. The highest BCUT2D eigenvalue weighted by Crippen LogP contribution is 2.33. The molecule has 2 heterocycles. The van der Waals surface area contributed by atoms with Crippen LogP contribution < -0.4 is 4.74 Å². The fourth-order valence-electron chi connectivity index (χ4n) is 4.42. The molecule has 1 saturated carbocycles. The fourth-order valence-corrected chi connectivity index (χ4v) is 5.27. The molecule has 2 aromatic carbocycles. The molecule has 3 aromatic rings. The highest BCUT2D eigenvalue weighted by molar-refractivity contribution is 7.99. The monoisotopic (exact) mass is 491 g/mol. The van der Waals surface area contributed by atoms with Crippen molar-refractivity contribution in [3.63, 3.8) is 0 Å². The molecule has 8 nitrogen and oxygen atoms in total. The predicted octanol–water partition coefficient (Wildman–Crippen LogP) is 3.50. The first-order chi connectivity index (χ1) is 17.0. The summed E-state index contributed by atoms with van der Waals surface area (Å²) in [6, 6.07) is 17.6. The standard InChI is InChI=1S/C26H29N5O3S/c1-18-16-29(13-14-30(18)25(33)19-11-12-19)23(32)17-35-26-28-27-24(20-7-6-10-22(15-20)34-2)31(26)21-8-4-3-5-9-21/h3-10,15,18-19H,11-14,16-17H2,1-2H3. The van der Waals surface area contributed by atoms with Gasteiger partial charge in [0, 0.05) is 42.8 Å². The Morgan fingerprint density at radius 2 is 1.86 bits per heavy atom. The second kappa shape index (κ2) is 10.1. The highest BCUT2D eigenvalue weighted by atomic mass is 32.2. The number of methoxy groups -OCH3 is 1. The molecule has 1 unspecified atom stereocenters. The lowest BCUT2D eigenvalue weighted by atomic mass is 10.1. The average Bonchev–Trinajstić information content (AvgIpc) is 3.66. The number of carbonyl (C=O) groups is 2. The Bertz CT molecular complexity index is 1210. The van der Waals surface area contributed by atoms with E-state index in [2.05, 4.69) is 10.2 Å². The Morgan fingerprint density at radius 1 is 1.06 bits per heavy atom. The zero-order valence-electron chi connectivity index (χ0n) is 20.0. The predicted molar refractivity (Wildman–Crippen MR) is 135 cm³/mol. The van der Waals surface area contributed by atoms with Crippen LogP contribution in [-0.4, -0.2) is 74.9 Å². The number of amides is 2. The number of thioether (sulfide) groups is 1. The van der Waals surface area contributed by atoms with Crippen LogP contribution in [0.5, 0.6) is 5.75 Å². The van der Waals surface area contributed by atoms with Crippen molar-refractivity contribution >= 4 is 23.6 Å². The van der Waals surface area contributed by atoms with Gasteiger partial charge in [0.25, 0.3) is 0 Å². The van der Waals surface area contributed by atoms with Crippen molar-refractivity contribution in [2.24, 2.45) is 5.92 Å². The van der Waals surface area contributed by atoms with Gasteiger partial charge in [-0.3, -0.25) is 14.2 Å². The van der Waals surface area contributed by atoms with Crippen LogP contribution >= 0.6 is 11.8 Å². The summed E-state index contributed by atoms with van der Waals surface area (Å²) in [5, 5.41) is 9.54. The third-order valence-corrected chi connectivity index (χ3v) is 7.40. The first-order valence-corrected chi connectivity index (χ1v) is 12.9. The first-order valence-electron chi connectivity index (χ1n) is 11.9. The van der Waals surface area contributed by atoms with Gasteiger partial charge >= 0.3 is 0 Å². The van der Waals surface area contributed by atoms with Crippen LogP contribution in [0.2, 0.25) is 0 Å². The van der Waals surface area contributed by atoms with E-state index in [1.54, 1.807) is 7.11 Å². The second-order valence-corrected chi connectivity index (χ2v) is 9.93. The molecule has 0 N–H and O–H groups in total. The lowest BCUT2D eigenvalue weighted by Crippen LogP contribution is -2.56. The summed E-state index contributed by atoms with van der Waals surface area (Å²) in [4.78, 5) is 29.4. The summed E-state index contributed by atoms with van der Waals surface area (Å²) in [7, 11) is 1.64. The van der Waals surface area contributed by atoms with Gasteiger partial charge in [0.2, 0.25) is 11.8 Å². The molecular weight excluding hydrogens is 462 g/mol. The van der Waals surface area contributed by atoms with E-state index in [1.165, 1.54) is 11.8 Å². The zero-order valence-corrected chi connectivity index (χ0v) is 20.8. The molecule has 1 aromatic heterocycles. The van der Waals surface area contributed by atoms with Crippen molar-refractivity contribution in [3.05, 3.63) is 54.6 Å². The van der Waals surface area contributed by atoms with Gasteiger partial charge in [-0.25, -0.2) is 0 Å². The maximum absolute atomic E-state index is 13.1. The molecule has 0 bridgehead atoms. The number of nitrogens with zero attached hydrogens (tertiary/aromatic N) is 5. The summed E-state index contributed by atoms with van der Waals surface area (Å²) in [5.41, 5.74) is 1.80. The zero-order chi connectivity index (χ0) is 24.4. The van der Waals surface area contributed by atoms with E-state index in [0.717, 1.165) is 29.8 Å². The smallest absolute Gasteiger partial charge is 0.233 e. The number of rotatable bonds is 7. The van der Waals surface area contributed by atoms with Gasteiger partial charge in [-0.15, -0.1) is 10.2 Å². The number of piperazine rings is 1. The molecule has 2 amide bonds. The molecule has 5 rings (SSSR count). The Hall–Kier alpha value is -3.33. The van der Waals surface area contributed by atoms with Gasteiger partial charge in [-0.1, -0.05) is 42.1 Å². The maximum atomic E-state index is 13.1. The number of hydrogen-bond acceptors (Lipinski definition) is 6. The summed E-state index contributed by atoms with van der Waals surface area (Å²) >= 11 is 1.38. The second-order valence-electron chi connectivity index (χ2n) is 8.99. The third kappa shape index (κ3) is 5.05. The van der Waals surface area contributed by atoms with Gasteiger partial charge in [0.05, 0.1) is 12.9 Å². The molecule has 0 radical (unpaired) electrons. The third-order valence-electron chi connectivity index (χ3n) is 6.49. The highest BCUT2D eigenvalue weighted by Gasteiger charge is 2.38. The fraction of sp³-hybridized carbons (Fsp3) is 0.385. The molecule has 0 spiro atoms. The van der Waals surface area contributed by atoms with Gasteiger partial charge < -0.3 is 14.5 Å². The number of benzene rings is 2. The summed E-state index contributed by atoms with van der Waals surface area (Å²) in [5.74, 6) is 2.19. The Kier molecular flexibility index (Phi) is 6.77. The van der Waals surface area contributed by atoms with E-state index in [1.807, 2.05) is 75.9 Å². The molecule has 2 fully saturated rings. The van der Waals surface area contributed by atoms with Crippen LogP contribution in [0.25, 0.3) is 17.1 Å². The molecule has 182 valence electrons. The van der Waals surface area contributed by atoms with Crippen LogP contribution in [0, 0.1) is 5.92 Å². The SMILES string of the molecule is COc1cccc(-c2nnc(SCC(=O)N3CCN(C(=O)C4CC4)C(C)C3)n2-c2ccccc2)c1. The van der Waals surface area contributed by atoms with Crippen molar-refractivity contribution in [3.8, 4) is 22.8 Å². The van der Waals surface area contributed by atoms with E-state index in [4.69, 9.17) is 4.74 Å². The van der Waals surface area contributed by atoms with Crippen LogP contribution in [0.1, 0.15) is 19.8 Å². The molecule has 1 aliphatic carbocycles. The number of carbonyl (C=O) groups excluding carboxylic acids is 2. The minimum atomic E-state index is 0.0402. The number of hydrogen-bond donors (Lipinski definition) is 0. The number of aromatic nitrogens is 3. The molecule has 1 atom stereocenters. The molecule has 2 aliphatic rings. The van der Waals surface area contributed by atoms with Gasteiger partial charge in [0.15, 0.2) is 11.0 Å². The van der Waals surface area contributed by atoms with Crippen LogP contribution in [0.15, 0.2) is 59.8 Å². The average molecular weight is 492 g/mol. The van der Waals surface area contributed by atoms with E-state index in [0.29, 0.717) is 30.6 Å². The topological polar surface area (TPSA) is 80.6 Å². The van der Waals surface area contributed by atoms with Crippen LogP contribution in [-0.2, 0) is 9.59 Å². The van der Waals surface area contributed by atoms with Crippen molar-refractivity contribution in [2.45, 2.75) is 31.0 Å². The van der Waals surface area contributed by atoms with E-state index in [-0.39, 0.29) is 29.5 Å². The van der Waals surface area contributed by atoms with Crippen LogP contribution in [0.3, 0.4) is 0 Å². The van der Waals surface area contributed by atoms with Gasteiger partial charge in [-0.05, 0) is 44.0 Å². The molecule has 9 heteroatoms. The van der Waals surface area contributed by atoms with Gasteiger partial charge in [0.1, 0.15) is 5.75 Å². The quantitative estimate of drug-likeness (QED) is 0.471. The molecule has 35 heavy (non-hydrogen) atoms. The Labute approximate surface area is 209 Å². The summed E-state index contributed by atoms with van der Waals surface area (Å²) < 4.78 is 7.36. The number of para-hydroxylation sites is 1. The largest absolute Gasteiger partial charge is 0.497 e. The lowest BCUT2D eigenvalue weighted by molar-refractivity contribution is -0.142. The molecular formula is C26H29N5O3S. The van der Waals surface area contributed by atoms with Crippen molar-refractivity contribution in [2.75, 3.05) is 32.5 Å². The summed E-state index contributed by atoms with van der Waals surface area (Å²) in [6.45, 7) is 3.77. The summed E-state index contributed by atoms with van der Waals surface area (Å²) in [6.07, 6.45) is 2.00. The van der Waals surface area contributed by atoms with Crippen LogP contribution in [0.4, 0.5) is 0 Å². The van der Waals surface area contributed by atoms with E-state index in [9.17, 15) is 9.59 Å². The van der Waals surface area contributed by atoms with Gasteiger partial charge in [-0.2, -0.15) is 0 Å². The van der Waals surface area contributed by atoms with Crippen molar-refractivity contribution < 1.29 is 14.3 Å². The Morgan fingerprint density at radius 3 is 2.57 bits per heavy atom. The maximum Gasteiger partial charge on any atom is 0.233 e. The van der Waals surface area contributed by atoms with E-state index >= 15 is 0 Å². The molecule has 1 aliphatic heterocycles. The van der Waals surface area contributed by atoms with Crippen molar-refractivity contribution in [1.82, 2.24) is 24.6 Å². The number of ether oxygens (including phenoxy) is 1. The Balaban J connectivity index is 1.32. The minimum Gasteiger partial charge on any atom is -0.497 e. The first kappa shape index (κ1) is 23.4. The lowest BCUT2D eigenvalue weighted by Gasteiger charge is -2.40.